The summed E-state index contributed by atoms with van der Waals surface area (Å²) in [7, 11) is 0. The molecule has 1 fully saturated rings. The van der Waals surface area contributed by atoms with Gasteiger partial charge >= 0.3 is 5.97 Å². The van der Waals surface area contributed by atoms with E-state index in [0.29, 0.717) is 18.8 Å². The minimum Gasteiger partial charge on any atom is -0.481 e. The van der Waals surface area contributed by atoms with Crippen LogP contribution in [-0.2, 0) is 4.79 Å². The molecule has 3 atom stereocenters. The van der Waals surface area contributed by atoms with Crippen LogP contribution in [0.15, 0.2) is 0 Å². The van der Waals surface area contributed by atoms with Crippen molar-refractivity contribution in [3.63, 3.8) is 0 Å². The number of hydrogen-bond acceptors (Lipinski definition) is 2. The Hall–Kier alpha value is -0.570. The predicted octanol–water partition coefficient (Wildman–Crippen LogP) is 2.67. The van der Waals surface area contributed by atoms with Crippen molar-refractivity contribution in [3.05, 3.63) is 0 Å². The van der Waals surface area contributed by atoms with E-state index in [0.717, 1.165) is 19.3 Å². The molecular formula is C13H24O3. The fraction of sp³-hybridized carbons (Fsp3) is 0.923. The number of carbonyl (C=O) groups is 1. The second-order valence-electron chi connectivity index (χ2n) is 5.70. The lowest BCUT2D eigenvalue weighted by Crippen LogP contribution is -2.45. The second-order valence-corrected chi connectivity index (χ2v) is 5.70. The average Bonchev–Trinajstić information content (AvgIpc) is 2.28. The molecule has 3 nitrogen and oxygen atoms in total. The minimum absolute atomic E-state index is 0.0177. The molecule has 0 radical (unpaired) electrons. The SMILES string of the molecule is CC1CCCC(O)(C(C(=O)O)C(C)C)CC1. The first-order valence-corrected chi connectivity index (χ1v) is 6.32. The maximum atomic E-state index is 11.3. The third kappa shape index (κ3) is 2.97. The number of carboxylic acids is 1. The molecule has 0 heterocycles. The molecule has 1 rings (SSSR count). The molecule has 1 aliphatic rings. The van der Waals surface area contributed by atoms with E-state index in [2.05, 4.69) is 6.92 Å². The van der Waals surface area contributed by atoms with Crippen molar-refractivity contribution in [1.29, 1.82) is 0 Å². The van der Waals surface area contributed by atoms with Gasteiger partial charge in [-0.2, -0.15) is 0 Å². The zero-order valence-electron chi connectivity index (χ0n) is 10.6. The first-order valence-electron chi connectivity index (χ1n) is 6.32. The normalized spacial score (nSPS) is 33.4. The van der Waals surface area contributed by atoms with Crippen LogP contribution in [-0.4, -0.2) is 21.8 Å². The monoisotopic (exact) mass is 228 g/mol. The number of hydrogen-bond donors (Lipinski definition) is 2. The van der Waals surface area contributed by atoms with E-state index < -0.39 is 17.5 Å². The van der Waals surface area contributed by atoms with Gasteiger partial charge in [0.2, 0.25) is 0 Å². The number of aliphatic hydroxyl groups is 1. The van der Waals surface area contributed by atoms with Gasteiger partial charge in [0.15, 0.2) is 0 Å². The van der Waals surface area contributed by atoms with Crippen LogP contribution in [0.5, 0.6) is 0 Å². The molecule has 0 saturated heterocycles. The highest BCUT2D eigenvalue weighted by Gasteiger charge is 2.43. The van der Waals surface area contributed by atoms with Crippen molar-refractivity contribution in [3.8, 4) is 0 Å². The van der Waals surface area contributed by atoms with E-state index >= 15 is 0 Å². The van der Waals surface area contributed by atoms with Crippen molar-refractivity contribution in [2.45, 2.75) is 58.5 Å². The van der Waals surface area contributed by atoms with Gasteiger partial charge in [-0.05, 0) is 31.1 Å². The van der Waals surface area contributed by atoms with Crippen LogP contribution in [0.1, 0.15) is 52.9 Å². The van der Waals surface area contributed by atoms with E-state index in [9.17, 15) is 15.0 Å². The molecule has 0 bridgehead atoms. The standard InChI is InChI=1S/C13H24O3/c1-9(2)11(12(14)15)13(16)7-4-5-10(3)6-8-13/h9-11,16H,4-8H2,1-3H3,(H,14,15). The van der Waals surface area contributed by atoms with Gasteiger partial charge in [0, 0.05) is 0 Å². The summed E-state index contributed by atoms with van der Waals surface area (Å²) >= 11 is 0. The van der Waals surface area contributed by atoms with Gasteiger partial charge < -0.3 is 10.2 Å². The zero-order chi connectivity index (χ0) is 12.3. The molecular weight excluding hydrogens is 204 g/mol. The van der Waals surface area contributed by atoms with Crippen LogP contribution in [0.4, 0.5) is 0 Å². The van der Waals surface area contributed by atoms with Crippen molar-refractivity contribution < 1.29 is 15.0 Å². The minimum atomic E-state index is -0.995. The van der Waals surface area contributed by atoms with Crippen LogP contribution in [0.3, 0.4) is 0 Å². The van der Waals surface area contributed by atoms with Crippen LogP contribution in [0, 0.1) is 17.8 Å². The first-order chi connectivity index (χ1) is 7.37. The van der Waals surface area contributed by atoms with Crippen molar-refractivity contribution in [2.75, 3.05) is 0 Å². The van der Waals surface area contributed by atoms with Crippen LogP contribution >= 0.6 is 0 Å². The fourth-order valence-electron chi connectivity index (χ4n) is 2.97. The number of rotatable bonds is 3. The second kappa shape index (κ2) is 5.17. The summed E-state index contributed by atoms with van der Waals surface area (Å²) in [5, 5.41) is 19.8. The third-order valence-corrected chi connectivity index (χ3v) is 3.89. The summed E-state index contributed by atoms with van der Waals surface area (Å²) in [5.41, 5.74) is -0.995. The summed E-state index contributed by atoms with van der Waals surface area (Å²) in [6.07, 6.45) is 4.24. The van der Waals surface area contributed by atoms with Crippen molar-refractivity contribution in [2.24, 2.45) is 17.8 Å². The molecule has 1 aliphatic carbocycles. The highest BCUT2D eigenvalue weighted by Crippen LogP contribution is 2.38. The maximum Gasteiger partial charge on any atom is 0.309 e. The summed E-state index contributed by atoms with van der Waals surface area (Å²) in [6.45, 7) is 5.94. The Morgan fingerprint density at radius 3 is 2.44 bits per heavy atom. The predicted molar refractivity (Wildman–Crippen MR) is 63.2 cm³/mol. The molecule has 2 N–H and O–H groups in total. The van der Waals surface area contributed by atoms with Gasteiger partial charge in [0.05, 0.1) is 11.5 Å². The largest absolute Gasteiger partial charge is 0.481 e. The molecule has 0 aromatic rings. The molecule has 3 heteroatoms. The van der Waals surface area contributed by atoms with Crippen LogP contribution < -0.4 is 0 Å². The Bertz CT molecular complexity index is 250. The molecule has 0 spiro atoms. The van der Waals surface area contributed by atoms with E-state index in [1.165, 1.54) is 0 Å². The van der Waals surface area contributed by atoms with Crippen LogP contribution in [0.2, 0.25) is 0 Å². The Morgan fingerprint density at radius 2 is 1.94 bits per heavy atom. The lowest BCUT2D eigenvalue weighted by atomic mass is 9.75. The Kier molecular flexibility index (Phi) is 4.36. The van der Waals surface area contributed by atoms with E-state index in [-0.39, 0.29) is 5.92 Å². The molecule has 0 amide bonds. The molecule has 0 aromatic carbocycles. The quantitative estimate of drug-likeness (QED) is 0.730. The lowest BCUT2D eigenvalue weighted by Gasteiger charge is -2.35. The number of carboxylic acid groups (broad SMARTS) is 1. The van der Waals surface area contributed by atoms with Gasteiger partial charge in [-0.15, -0.1) is 0 Å². The van der Waals surface area contributed by atoms with Gasteiger partial charge in [-0.25, -0.2) is 0 Å². The Balaban J connectivity index is 2.84. The molecule has 94 valence electrons. The Morgan fingerprint density at radius 1 is 1.31 bits per heavy atom. The molecule has 0 aliphatic heterocycles. The summed E-state index contributed by atoms with van der Waals surface area (Å²) in [5.74, 6) is -0.892. The molecule has 0 aromatic heterocycles. The van der Waals surface area contributed by atoms with Gasteiger partial charge in [-0.3, -0.25) is 4.79 Å². The van der Waals surface area contributed by atoms with E-state index in [1.807, 2.05) is 13.8 Å². The average molecular weight is 228 g/mol. The first kappa shape index (κ1) is 13.5. The van der Waals surface area contributed by atoms with Crippen LogP contribution in [0.25, 0.3) is 0 Å². The zero-order valence-corrected chi connectivity index (χ0v) is 10.6. The third-order valence-electron chi connectivity index (χ3n) is 3.89. The maximum absolute atomic E-state index is 11.3. The Labute approximate surface area is 97.9 Å². The molecule has 16 heavy (non-hydrogen) atoms. The lowest BCUT2D eigenvalue weighted by molar-refractivity contribution is -0.157. The highest BCUT2D eigenvalue weighted by atomic mass is 16.4. The fourth-order valence-corrected chi connectivity index (χ4v) is 2.97. The summed E-state index contributed by atoms with van der Waals surface area (Å²) in [4.78, 5) is 11.3. The highest BCUT2D eigenvalue weighted by molar-refractivity contribution is 5.71. The summed E-state index contributed by atoms with van der Waals surface area (Å²) < 4.78 is 0. The van der Waals surface area contributed by atoms with Gasteiger partial charge in [0.25, 0.3) is 0 Å². The van der Waals surface area contributed by atoms with E-state index in [4.69, 9.17) is 0 Å². The van der Waals surface area contributed by atoms with Gasteiger partial charge in [0.1, 0.15) is 0 Å². The summed E-state index contributed by atoms with van der Waals surface area (Å²) in [6, 6.07) is 0. The molecule has 3 unspecified atom stereocenters. The topological polar surface area (TPSA) is 57.5 Å². The number of aliphatic carboxylic acids is 1. The smallest absolute Gasteiger partial charge is 0.309 e. The van der Waals surface area contributed by atoms with E-state index in [1.54, 1.807) is 0 Å². The van der Waals surface area contributed by atoms with Gasteiger partial charge in [-0.1, -0.05) is 33.6 Å². The van der Waals surface area contributed by atoms with Crippen molar-refractivity contribution >= 4 is 5.97 Å². The van der Waals surface area contributed by atoms with Crippen molar-refractivity contribution in [1.82, 2.24) is 0 Å². The molecule has 1 saturated carbocycles.